The van der Waals surface area contributed by atoms with Gasteiger partial charge in [0.15, 0.2) is 8.32 Å². The molecule has 2 unspecified atom stereocenters. The highest BCUT2D eigenvalue weighted by Crippen LogP contribution is 2.40. The van der Waals surface area contributed by atoms with Crippen LogP contribution in [0, 0.1) is 5.92 Å². The van der Waals surface area contributed by atoms with E-state index in [1.54, 1.807) is 0 Å². The van der Waals surface area contributed by atoms with Crippen molar-refractivity contribution < 1.29 is 4.43 Å². The molecule has 0 spiro atoms. The van der Waals surface area contributed by atoms with Crippen LogP contribution in [0.15, 0.2) is 0 Å². The Bertz CT molecular complexity index is 205. The molecule has 1 saturated carbocycles. The molecule has 1 aliphatic rings. The number of hydrogen-bond acceptors (Lipinski definition) is 1. The third kappa shape index (κ3) is 3.32. The molecule has 0 radical (unpaired) electrons. The van der Waals surface area contributed by atoms with Gasteiger partial charge in [0.2, 0.25) is 0 Å². The first-order valence-electron chi connectivity index (χ1n) is 6.42. The fourth-order valence-corrected chi connectivity index (χ4v) is 3.47. The Hall–Kier alpha value is 0.177. The summed E-state index contributed by atoms with van der Waals surface area (Å²) < 4.78 is 6.49. The van der Waals surface area contributed by atoms with E-state index < -0.39 is 8.32 Å². The standard InChI is InChI=1S/C13H28OSi/c1-11-9-7-8-10-12(11)14-15(5,6)13(2,3)4/h11-12H,7-10H2,1-6H3. The highest BCUT2D eigenvalue weighted by Gasteiger charge is 2.40. The zero-order chi connectivity index (χ0) is 11.7. The summed E-state index contributed by atoms with van der Waals surface area (Å²) in [6.07, 6.45) is 5.95. The van der Waals surface area contributed by atoms with Crippen LogP contribution in [0.25, 0.3) is 0 Å². The van der Waals surface area contributed by atoms with E-state index in [9.17, 15) is 0 Å². The smallest absolute Gasteiger partial charge is 0.192 e. The van der Waals surface area contributed by atoms with Gasteiger partial charge in [0.1, 0.15) is 0 Å². The van der Waals surface area contributed by atoms with Crippen molar-refractivity contribution in [2.24, 2.45) is 5.92 Å². The number of rotatable bonds is 2. The second kappa shape index (κ2) is 4.58. The van der Waals surface area contributed by atoms with Gasteiger partial charge in [0.25, 0.3) is 0 Å². The summed E-state index contributed by atoms with van der Waals surface area (Å²) in [6.45, 7) is 14.1. The van der Waals surface area contributed by atoms with Gasteiger partial charge in [-0.25, -0.2) is 0 Å². The lowest BCUT2D eigenvalue weighted by Gasteiger charge is -2.42. The Balaban J connectivity index is 2.59. The normalized spacial score (nSPS) is 29.2. The van der Waals surface area contributed by atoms with Gasteiger partial charge >= 0.3 is 0 Å². The predicted molar refractivity (Wildman–Crippen MR) is 69.7 cm³/mol. The average Bonchev–Trinajstić information content (AvgIpc) is 2.06. The van der Waals surface area contributed by atoms with Crippen LogP contribution in [0.3, 0.4) is 0 Å². The monoisotopic (exact) mass is 228 g/mol. The summed E-state index contributed by atoms with van der Waals surface area (Å²) in [7, 11) is -1.53. The van der Waals surface area contributed by atoms with Gasteiger partial charge in [0.05, 0.1) is 0 Å². The van der Waals surface area contributed by atoms with Crippen LogP contribution in [-0.4, -0.2) is 14.4 Å². The van der Waals surface area contributed by atoms with Crippen molar-refractivity contribution in [1.82, 2.24) is 0 Å². The molecule has 0 aliphatic heterocycles. The van der Waals surface area contributed by atoms with E-state index in [0.717, 1.165) is 5.92 Å². The van der Waals surface area contributed by atoms with Crippen molar-refractivity contribution in [1.29, 1.82) is 0 Å². The molecule has 0 N–H and O–H groups in total. The summed E-state index contributed by atoms with van der Waals surface area (Å²) in [5.41, 5.74) is 0. The first kappa shape index (κ1) is 13.2. The van der Waals surface area contributed by atoms with Gasteiger partial charge in [-0.2, -0.15) is 0 Å². The first-order chi connectivity index (χ1) is 6.74. The largest absolute Gasteiger partial charge is 0.414 e. The van der Waals surface area contributed by atoms with Crippen molar-refractivity contribution in [2.45, 2.75) is 77.6 Å². The van der Waals surface area contributed by atoms with Crippen molar-refractivity contribution in [3.05, 3.63) is 0 Å². The lowest BCUT2D eigenvalue weighted by molar-refractivity contribution is 0.0884. The Kier molecular flexibility index (Phi) is 4.05. The van der Waals surface area contributed by atoms with E-state index in [1.165, 1.54) is 25.7 Å². The van der Waals surface area contributed by atoms with Gasteiger partial charge < -0.3 is 4.43 Å². The topological polar surface area (TPSA) is 9.23 Å². The molecule has 1 aliphatic carbocycles. The quantitative estimate of drug-likeness (QED) is 0.628. The third-order valence-corrected chi connectivity index (χ3v) is 8.79. The molecule has 0 aromatic carbocycles. The zero-order valence-electron chi connectivity index (χ0n) is 11.4. The maximum atomic E-state index is 6.49. The van der Waals surface area contributed by atoms with Crippen molar-refractivity contribution >= 4 is 8.32 Å². The van der Waals surface area contributed by atoms with E-state index in [1.807, 2.05) is 0 Å². The minimum atomic E-state index is -1.53. The van der Waals surface area contributed by atoms with Gasteiger partial charge in [-0.05, 0) is 36.9 Å². The van der Waals surface area contributed by atoms with E-state index in [-0.39, 0.29) is 0 Å². The van der Waals surface area contributed by atoms with Gasteiger partial charge in [-0.15, -0.1) is 0 Å². The molecule has 2 heteroatoms. The fourth-order valence-electron chi connectivity index (χ4n) is 2.01. The van der Waals surface area contributed by atoms with Gasteiger partial charge in [0, 0.05) is 6.10 Å². The molecule has 1 nitrogen and oxygen atoms in total. The van der Waals surface area contributed by atoms with E-state index in [4.69, 9.17) is 4.43 Å². The van der Waals surface area contributed by atoms with Crippen LogP contribution in [0.2, 0.25) is 18.1 Å². The van der Waals surface area contributed by atoms with Crippen LogP contribution < -0.4 is 0 Å². The summed E-state index contributed by atoms with van der Waals surface area (Å²) in [5.74, 6) is 0.771. The van der Waals surface area contributed by atoms with Crippen LogP contribution in [0.1, 0.15) is 53.4 Å². The maximum Gasteiger partial charge on any atom is 0.192 e. The summed E-state index contributed by atoms with van der Waals surface area (Å²) in [5, 5.41) is 0.351. The Morgan fingerprint density at radius 1 is 1.07 bits per heavy atom. The molecule has 0 saturated heterocycles. The summed E-state index contributed by atoms with van der Waals surface area (Å²) in [4.78, 5) is 0. The van der Waals surface area contributed by atoms with Crippen molar-refractivity contribution in [3.63, 3.8) is 0 Å². The fraction of sp³-hybridized carbons (Fsp3) is 1.00. The lowest BCUT2D eigenvalue weighted by Crippen LogP contribution is -2.46. The lowest BCUT2D eigenvalue weighted by atomic mass is 9.88. The van der Waals surface area contributed by atoms with Gasteiger partial charge in [-0.1, -0.05) is 40.5 Å². The average molecular weight is 228 g/mol. The molecule has 1 rings (SSSR count). The van der Waals surface area contributed by atoms with Crippen LogP contribution in [-0.2, 0) is 4.43 Å². The maximum absolute atomic E-state index is 6.49. The summed E-state index contributed by atoms with van der Waals surface area (Å²) >= 11 is 0. The molecule has 90 valence electrons. The second-order valence-electron chi connectivity index (χ2n) is 6.68. The Morgan fingerprint density at radius 2 is 1.60 bits per heavy atom. The molecule has 1 fully saturated rings. The van der Waals surface area contributed by atoms with E-state index >= 15 is 0 Å². The molecular weight excluding hydrogens is 200 g/mol. The Labute approximate surface area is 96.7 Å². The molecule has 2 atom stereocenters. The molecule has 0 amide bonds. The SMILES string of the molecule is CC1CCCCC1O[Si](C)(C)C(C)(C)C. The molecule has 0 aromatic rings. The second-order valence-corrected chi connectivity index (χ2v) is 11.4. The minimum absolute atomic E-state index is 0.351. The van der Waals surface area contributed by atoms with E-state index in [0.29, 0.717) is 11.1 Å². The predicted octanol–water partition coefficient (Wildman–Crippen LogP) is 4.59. The minimum Gasteiger partial charge on any atom is -0.414 e. The third-order valence-electron chi connectivity index (χ3n) is 4.28. The zero-order valence-corrected chi connectivity index (χ0v) is 12.4. The highest BCUT2D eigenvalue weighted by molar-refractivity contribution is 6.74. The number of hydrogen-bond donors (Lipinski definition) is 0. The Morgan fingerprint density at radius 3 is 2.07 bits per heavy atom. The molecule has 15 heavy (non-hydrogen) atoms. The molecule has 0 bridgehead atoms. The van der Waals surface area contributed by atoms with E-state index in [2.05, 4.69) is 40.8 Å². The van der Waals surface area contributed by atoms with Crippen molar-refractivity contribution in [2.75, 3.05) is 0 Å². The first-order valence-corrected chi connectivity index (χ1v) is 9.33. The molecule has 0 aromatic heterocycles. The van der Waals surface area contributed by atoms with Gasteiger partial charge in [-0.3, -0.25) is 0 Å². The highest BCUT2D eigenvalue weighted by atomic mass is 28.4. The van der Waals surface area contributed by atoms with Crippen molar-refractivity contribution in [3.8, 4) is 0 Å². The summed E-state index contributed by atoms with van der Waals surface area (Å²) in [6, 6.07) is 0. The molecular formula is C13H28OSi. The van der Waals surface area contributed by atoms with Crippen LogP contribution >= 0.6 is 0 Å². The van der Waals surface area contributed by atoms with Crippen LogP contribution in [0.5, 0.6) is 0 Å². The van der Waals surface area contributed by atoms with Crippen LogP contribution in [0.4, 0.5) is 0 Å². The molecule has 0 heterocycles.